The monoisotopic (exact) mass is 469 g/mol. The maximum absolute atomic E-state index is 13.2. The van der Waals surface area contributed by atoms with E-state index in [2.05, 4.69) is 10.3 Å². The van der Waals surface area contributed by atoms with Crippen LogP contribution in [0.2, 0.25) is 0 Å². The predicted molar refractivity (Wildman–Crippen MR) is 126 cm³/mol. The summed E-state index contributed by atoms with van der Waals surface area (Å²) in [5, 5.41) is 4.66. The summed E-state index contributed by atoms with van der Waals surface area (Å²) in [6, 6.07) is 16.6. The Morgan fingerprint density at radius 2 is 1.91 bits per heavy atom. The van der Waals surface area contributed by atoms with E-state index in [1.165, 1.54) is 23.9 Å². The number of nitrogens with zero attached hydrogens (tertiary/aromatic N) is 2. The molecule has 32 heavy (non-hydrogen) atoms. The highest BCUT2D eigenvalue weighted by Gasteiger charge is 2.39. The quantitative estimate of drug-likeness (QED) is 0.525. The molecule has 1 aliphatic rings. The maximum Gasteiger partial charge on any atom is 0.243 e. The Kier molecular flexibility index (Phi) is 6.87. The summed E-state index contributed by atoms with van der Waals surface area (Å²) in [4.78, 5) is 32.9. The fourth-order valence-electron chi connectivity index (χ4n) is 3.11. The number of carbonyl (C=O) groups is 2. The van der Waals surface area contributed by atoms with Gasteiger partial charge in [-0.2, -0.15) is 0 Å². The van der Waals surface area contributed by atoms with E-state index in [0.29, 0.717) is 28.8 Å². The Morgan fingerprint density at radius 3 is 2.56 bits per heavy atom. The summed E-state index contributed by atoms with van der Waals surface area (Å²) >= 11 is 2.79. The maximum atomic E-state index is 13.2. The van der Waals surface area contributed by atoms with Crippen molar-refractivity contribution in [1.82, 2.24) is 4.90 Å². The number of thiophene rings is 1. The minimum atomic E-state index is -0.590. The number of anilines is 1. The molecule has 0 spiro atoms. The average molecular weight is 470 g/mol. The first-order valence-electron chi connectivity index (χ1n) is 9.80. The number of hydrogen-bond donors (Lipinski definition) is 1. The molecule has 0 radical (unpaired) electrons. The lowest BCUT2D eigenvalue weighted by molar-refractivity contribution is -0.128. The summed E-state index contributed by atoms with van der Waals surface area (Å²) in [5.41, 5.74) is 1.17. The van der Waals surface area contributed by atoms with Gasteiger partial charge in [-0.15, -0.1) is 11.3 Å². The first kappa shape index (κ1) is 22.0. The second-order valence-corrected chi connectivity index (χ2v) is 9.16. The van der Waals surface area contributed by atoms with E-state index in [9.17, 15) is 14.0 Å². The van der Waals surface area contributed by atoms with E-state index in [0.717, 1.165) is 4.88 Å². The molecule has 2 amide bonds. The van der Waals surface area contributed by atoms with Gasteiger partial charge in [-0.3, -0.25) is 14.5 Å². The van der Waals surface area contributed by atoms with Crippen LogP contribution in [-0.4, -0.2) is 34.2 Å². The lowest BCUT2D eigenvalue weighted by Crippen LogP contribution is -2.32. The summed E-state index contributed by atoms with van der Waals surface area (Å²) in [6.45, 7) is 0.375. The number of halogens is 1. The van der Waals surface area contributed by atoms with Gasteiger partial charge in [0.1, 0.15) is 16.8 Å². The number of thioether (sulfide) groups is 1. The van der Waals surface area contributed by atoms with Crippen molar-refractivity contribution in [1.29, 1.82) is 0 Å². The summed E-state index contributed by atoms with van der Waals surface area (Å²) < 4.78 is 18.4. The lowest BCUT2D eigenvalue weighted by atomic mass is 10.2. The third kappa shape index (κ3) is 5.35. The van der Waals surface area contributed by atoms with Crippen molar-refractivity contribution in [3.63, 3.8) is 0 Å². The van der Waals surface area contributed by atoms with E-state index in [4.69, 9.17) is 4.74 Å². The molecule has 0 unspecified atom stereocenters. The molecule has 1 atom stereocenters. The van der Waals surface area contributed by atoms with Crippen LogP contribution in [0, 0.1) is 5.82 Å². The molecule has 0 bridgehead atoms. The van der Waals surface area contributed by atoms with Gasteiger partial charge < -0.3 is 10.1 Å². The molecular formula is C23H20FN3O3S2. The highest BCUT2D eigenvalue weighted by atomic mass is 32.2. The van der Waals surface area contributed by atoms with Crippen molar-refractivity contribution in [2.75, 3.05) is 12.4 Å². The summed E-state index contributed by atoms with van der Waals surface area (Å²) in [5.74, 6) is -0.0997. The number of amidine groups is 1. The number of amides is 2. The van der Waals surface area contributed by atoms with Crippen molar-refractivity contribution in [2.45, 2.75) is 18.2 Å². The third-order valence-electron chi connectivity index (χ3n) is 4.71. The minimum Gasteiger partial charge on any atom is -0.497 e. The molecule has 9 heteroatoms. The number of rotatable bonds is 7. The highest BCUT2D eigenvalue weighted by molar-refractivity contribution is 8.15. The zero-order valence-electron chi connectivity index (χ0n) is 17.2. The Balaban J connectivity index is 1.50. The van der Waals surface area contributed by atoms with Crippen LogP contribution in [0.5, 0.6) is 5.75 Å². The fraction of sp³-hybridized carbons (Fsp3) is 0.174. The molecule has 1 aliphatic heterocycles. The highest BCUT2D eigenvalue weighted by Crippen LogP contribution is 2.33. The molecule has 1 fully saturated rings. The normalized spacial score (nSPS) is 17.1. The molecule has 0 aliphatic carbocycles. The number of methoxy groups -OCH3 is 1. The summed E-state index contributed by atoms with van der Waals surface area (Å²) in [6.07, 6.45) is 0.0128. The molecule has 6 nitrogen and oxygen atoms in total. The molecule has 1 N–H and O–H groups in total. The van der Waals surface area contributed by atoms with Gasteiger partial charge in [-0.1, -0.05) is 17.8 Å². The van der Waals surface area contributed by atoms with Gasteiger partial charge in [0, 0.05) is 17.0 Å². The zero-order valence-corrected chi connectivity index (χ0v) is 18.8. The number of carbonyl (C=O) groups excluding carboxylic acids is 2. The van der Waals surface area contributed by atoms with E-state index in [1.54, 1.807) is 59.7 Å². The minimum absolute atomic E-state index is 0.0128. The first-order valence-corrected chi connectivity index (χ1v) is 11.6. The molecule has 2 aromatic carbocycles. The molecule has 2 heterocycles. The van der Waals surface area contributed by atoms with Crippen molar-refractivity contribution in [3.8, 4) is 5.75 Å². The van der Waals surface area contributed by atoms with Crippen molar-refractivity contribution in [2.24, 2.45) is 4.99 Å². The standard InChI is InChI=1S/C23H20FN3O3S2/c1-30-18-10-8-16(9-11-18)25-21(28)13-20-22(29)27(14-19-3-2-12-31-19)23(32-20)26-17-6-4-15(24)5-7-17/h2-12,20H,13-14H2,1H3,(H,25,28)/t20-/m0/s1. The molecule has 1 aromatic heterocycles. The van der Waals surface area contributed by atoms with Crippen LogP contribution in [0.3, 0.4) is 0 Å². The second kappa shape index (κ2) is 9.97. The molecule has 3 aromatic rings. The van der Waals surface area contributed by atoms with Gasteiger partial charge in [-0.25, -0.2) is 9.38 Å². The molecule has 0 saturated carbocycles. The third-order valence-corrected chi connectivity index (χ3v) is 6.75. The number of benzene rings is 2. The number of nitrogens with one attached hydrogen (secondary N) is 1. The zero-order chi connectivity index (χ0) is 22.5. The van der Waals surface area contributed by atoms with Gasteiger partial charge in [-0.05, 0) is 60.0 Å². The average Bonchev–Trinajstić information content (AvgIpc) is 3.40. The Bertz CT molecular complexity index is 1120. The largest absolute Gasteiger partial charge is 0.497 e. The van der Waals surface area contributed by atoms with Crippen LogP contribution in [0.25, 0.3) is 0 Å². The summed E-state index contributed by atoms with van der Waals surface area (Å²) in [7, 11) is 1.57. The molecular weight excluding hydrogens is 449 g/mol. The Morgan fingerprint density at radius 1 is 1.16 bits per heavy atom. The smallest absolute Gasteiger partial charge is 0.243 e. The van der Waals surface area contributed by atoms with Crippen LogP contribution < -0.4 is 10.1 Å². The van der Waals surface area contributed by atoms with Gasteiger partial charge in [0.15, 0.2) is 5.17 Å². The van der Waals surface area contributed by atoms with Gasteiger partial charge >= 0.3 is 0 Å². The molecule has 164 valence electrons. The van der Waals surface area contributed by atoms with Crippen LogP contribution in [0.4, 0.5) is 15.8 Å². The van der Waals surface area contributed by atoms with Gasteiger partial charge in [0.2, 0.25) is 11.8 Å². The van der Waals surface area contributed by atoms with E-state index < -0.39 is 5.25 Å². The molecule has 1 saturated heterocycles. The van der Waals surface area contributed by atoms with Gasteiger partial charge in [0.05, 0.1) is 19.3 Å². The SMILES string of the molecule is COc1ccc(NC(=O)C[C@@H]2SC(=Nc3ccc(F)cc3)N(Cc3cccs3)C2=O)cc1. The lowest BCUT2D eigenvalue weighted by Gasteiger charge is -2.15. The van der Waals surface area contributed by atoms with Crippen molar-refractivity contribution >= 4 is 51.5 Å². The predicted octanol–water partition coefficient (Wildman–Crippen LogP) is 5.06. The fourth-order valence-corrected chi connectivity index (χ4v) is 4.96. The second-order valence-electron chi connectivity index (χ2n) is 6.96. The van der Waals surface area contributed by atoms with Crippen LogP contribution in [-0.2, 0) is 16.1 Å². The number of aliphatic imine (C=N–C) groups is 1. The van der Waals surface area contributed by atoms with Crippen molar-refractivity contribution < 1.29 is 18.7 Å². The van der Waals surface area contributed by atoms with E-state index in [1.807, 2.05) is 17.5 Å². The van der Waals surface area contributed by atoms with Crippen molar-refractivity contribution in [3.05, 3.63) is 76.7 Å². The topological polar surface area (TPSA) is 71.0 Å². The van der Waals surface area contributed by atoms with Crippen LogP contribution in [0.1, 0.15) is 11.3 Å². The number of ether oxygens (including phenoxy) is 1. The Labute approximate surface area is 193 Å². The molecule has 4 rings (SSSR count). The number of hydrogen-bond acceptors (Lipinski definition) is 6. The Hall–Kier alpha value is -3.17. The van der Waals surface area contributed by atoms with Crippen LogP contribution in [0.15, 0.2) is 71.0 Å². The van der Waals surface area contributed by atoms with E-state index >= 15 is 0 Å². The first-order chi connectivity index (χ1) is 15.5. The van der Waals surface area contributed by atoms with Crippen LogP contribution >= 0.6 is 23.1 Å². The van der Waals surface area contributed by atoms with Gasteiger partial charge in [0.25, 0.3) is 0 Å². The van der Waals surface area contributed by atoms with E-state index in [-0.39, 0.29) is 24.1 Å².